The number of hydrogen-bond donors (Lipinski definition) is 1. The normalized spacial score (nSPS) is 16.3. The van der Waals surface area contributed by atoms with Gasteiger partial charge in [0.05, 0.1) is 30.5 Å². The number of nitrogens with one attached hydrogen (secondary N) is 1. The molecule has 0 bridgehead atoms. The van der Waals surface area contributed by atoms with E-state index in [2.05, 4.69) is 10.6 Å². The number of ether oxygens (including phenoxy) is 1. The predicted octanol–water partition coefficient (Wildman–Crippen LogP) is 0.472. The second-order valence-electron chi connectivity index (χ2n) is 7.15. The maximum Gasteiger partial charge on any atom is 0.310 e. The first-order valence-electron chi connectivity index (χ1n) is 9.92. The van der Waals surface area contributed by atoms with E-state index in [1.807, 2.05) is 0 Å². The van der Waals surface area contributed by atoms with E-state index in [1.165, 1.54) is 36.2 Å². The fraction of sp³-hybridized carbons (Fsp3) is 0.476. The zero-order chi connectivity index (χ0) is 23.0. The summed E-state index contributed by atoms with van der Waals surface area (Å²) in [5.74, 6) is 0.713. The fourth-order valence-corrected chi connectivity index (χ4v) is 4.25. The molecule has 31 heavy (non-hydrogen) atoms. The number of esters is 1. The largest absolute Gasteiger partial charge is 0.466 e. The summed E-state index contributed by atoms with van der Waals surface area (Å²) in [6.45, 7) is 2.42. The van der Waals surface area contributed by atoms with Crippen molar-refractivity contribution in [2.45, 2.75) is 24.7 Å². The molecule has 1 fully saturated rings. The lowest BCUT2D eigenvalue weighted by molar-refractivity contribution is -0.151. The molecule has 0 aliphatic carbocycles. The van der Waals surface area contributed by atoms with Crippen LogP contribution in [0.2, 0.25) is 0 Å². The van der Waals surface area contributed by atoms with E-state index < -0.39 is 15.9 Å². The topological polar surface area (TPSA) is 113 Å². The second kappa shape index (κ2) is 10.9. The Labute approximate surface area is 182 Å². The van der Waals surface area contributed by atoms with Crippen molar-refractivity contribution < 1.29 is 27.5 Å². The summed E-state index contributed by atoms with van der Waals surface area (Å²) in [5.41, 5.74) is 0.127. The van der Waals surface area contributed by atoms with E-state index in [4.69, 9.17) is 11.2 Å². The Morgan fingerprint density at radius 1 is 1.35 bits per heavy atom. The molecule has 1 aliphatic rings. The molecule has 1 aromatic rings. The Morgan fingerprint density at radius 3 is 2.77 bits per heavy atom. The minimum Gasteiger partial charge on any atom is -0.466 e. The zero-order valence-corrected chi connectivity index (χ0v) is 18.5. The van der Waals surface area contributed by atoms with Crippen LogP contribution >= 0.6 is 0 Å². The molecule has 1 saturated heterocycles. The predicted molar refractivity (Wildman–Crippen MR) is 113 cm³/mol. The highest BCUT2D eigenvalue weighted by atomic mass is 32.2. The van der Waals surface area contributed by atoms with Gasteiger partial charge in [0.2, 0.25) is 15.9 Å². The summed E-state index contributed by atoms with van der Waals surface area (Å²) in [5, 5.41) is 0. The Hall–Kier alpha value is -2.90. The molecule has 0 saturated carbocycles. The number of likely N-dealkylation sites (N-methyl/N-ethyl adjacent to an activating group) is 1. The van der Waals surface area contributed by atoms with E-state index in [9.17, 15) is 22.8 Å². The number of likely N-dealkylation sites (tertiary alicyclic amines) is 1. The lowest BCUT2D eigenvalue weighted by Crippen LogP contribution is -2.47. The number of carbonyl (C=O) groups is 3. The summed E-state index contributed by atoms with van der Waals surface area (Å²) in [6, 6.07) is 5.51. The quantitative estimate of drug-likeness (QED) is 0.456. The molecule has 9 nitrogen and oxygen atoms in total. The Bertz CT molecular complexity index is 970. The van der Waals surface area contributed by atoms with Crippen LogP contribution in [-0.4, -0.2) is 75.8 Å². The summed E-state index contributed by atoms with van der Waals surface area (Å²) in [4.78, 5) is 40.1. The van der Waals surface area contributed by atoms with Crippen LogP contribution in [0.1, 0.15) is 30.1 Å². The van der Waals surface area contributed by atoms with Gasteiger partial charge in [0.15, 0.2) is 0 Å². The molecule has 168 valence electrons. The molecule has 1 atom stereocenters. The minimum atomic E-state index is -3.85. The summed E-state index contributed by atoms with van der Waals surface area (Å²) in [7, 11) is -2.38. The number of rotatable bonds is 8. The molecule has 0 aromatic heterocycles. The van der Waals surface area contributed by atoms with Gasteiger partial charge in [-0.25, -0.2) is 8.42 Å². The number of piperidine rings is 1. The first kappa shape index (κ1) is 24.4. The van der Waals surface area contributed by atoms with Crippen molar-refractivity contribution in [3.05, 3.63) is 29.8 Å². The van der Waals surface area contributed by atoms with Gasteiger partial charge < -0.3 is 14.5 Å². The molecule has 1 N–H and O–H groups in total. The minimum absolute atomic E-state index is 0.0957. The SMILES string of the molecule is C#CCNS(=O)(=O)c1cccc(C(=O)N(C)CC(=O)N2CCCC(C(=O)OCC)C2)c1. The number of benzene rings is 1. The molecule has 1 heterocycles. The van der Waals surface area contributed by atoms with Crippen LogP contribution in [0.5, 0.6) is 0 Å². The van der Waals surface area contributed by atoms with Crippen LogP contribution in [0.15, 0.2) is 29.2 Å². The van der Waals surface area contributed by atoms with Gasteiger partial charge in [-0.1, -0.05) is 12.0 Å². The molecule has 2 amide bonds. The van der Waals surface area contributed by atoms with Gasteiger partial charge in [0.25, 0.3) is 5.91 Å². The van der Waals surface area contributed by atoms with Gasteiger partial charge in [0.1, 0.15) is 0 Å². The first-order valence-corrected chi connectivity index (χ1v) is 11.4. The van der Waals surface area contributed by atoms with Crippen LogP contribution < -0.4 is 4.72 Å². The van der Waals surface area contributed by atoms with Crippen molar-refractivity contribution in [3.8, 4) is 12.3 Å². The molecule has 10 heteroatoms. The summed E-state index contributed by atoms with van der Waals surface area (Å²) < 4.78 is 31.7. The average molecular weight is 450 g/mol. The van der Waals surface area contributed by atoms with Crippen molar-refractivity contribution in [2.24, 2.45) is 5.92 Å². The Kier molecular flexibility index (Phi) is 8.59. The number of sulfonamides is 1. The third-order valence-corrected chi connectivity index (χ3v) is 6.27. The number of hydrogen-bond acceptors (Lipinski definition) is 6. The standard InChI is InChI=1S/C21H27N3O6S/c1-4-11-22-31(28,29)18-10-6-8-16(13-18)20(26)23(3)15-19(25)24-12-7-9-17(14-24)21(27)30-5-2/h1,6,8,10,13,17,22H,5,7,9,11-12,14-15H2,2-3H3. The molecule has 0 radical (unpaired) electrons. The Balaban J connectivity index is 2.04. The van der Waals surface area contributed by atoms with E-state index in [-0.39, 0.29) is 54.5 Å². The van der Waals surface area contributed by atoms with E-state index >= 15 is 0 Å². The average Bonchev–Trinajstić information content (AvgIpc) is 2.77. The van der Waals surface area contributed by atoms with E-state index in [0.717, 1.165) is 0 Å². The van der Waals surface area contributed by atoms with Crippen LogP contribution in [0, 0.1) is 18.3 Å². The van der Waals surface area contributed by atoms with Gasteiger partial charge in [-0.3, -0.25) is 14.4 Å². The maximum atomic E-state index is 12.7. The third kappa shape index (κ3) is 6.54. The van der Waals surface area contributed by atoms with E-state index in [0.29, 0.717) is 19.4 Å². The number of terminal acetylenes is 1. The van der Waals surface area contributed by atoms with Gasteiger partial charge >= 0.3 is 5.97 Å². The Morgan fingerprint density at radius 2 is 2.10 bits per heavy atom. The lowest BCUT2D eigenvalue weighted by atomic mass is 9.98. The molecular weight excluding hydrogens is 422 g/mol. The molecule has 1 aromatic carbocycles. The molecule has 2 rings (SSSR count). The number of carbonyl (C=O) groups excluding carboxylic acids is 3. The van der Waals surface area contributed by atoms with Crippen LogP contribution in [-0.2, 0) is 24.3 Å². The highest BCUT2D eigenvalue weighted by molar-refractivity contribution is 7.89. The summed E-state index contributed by atoms with van der Waals surface area (Å²) >= 11 is 0. The molecule has 0 spiro atoms. The van der Waals surface area contributed by atoms with Crippen molar-refractivity contribution in [3.63, 3.8) is 0 Å². The number of nitrogens with zero attached hydrogens (tertiary/aromatic N) is 2. The molecule has 1 unspecified atom stereocenters. The van der Waals surface area contributed by atoms with Gasteiger partial charge in [-0.2, -0.15) is 4.72 Å². The molecular formula is C21H27N3O6S. The van der Waals surface area contributed by atoms with Crippen molar-refractivity contribution >= 4 is 27.8 Å². The van der Waals surface area contributed by atoms with Crippen molar-refractivity contribution in [2.75, 3.05) is 39.8 Å². The van der Waals surface area contributed by atoms with Gasteiger partial charge in [-0.15, -0.1) is 6.42 Å². The van der Waals surface area contributed by atoms with E-state index in [1.54, 1.807) is 11.8 Å². The van der Waals surface area contributed by atoms with Crippen LogP contribution in [0.25, 0.3) is 0 Å². The second-order valence-corrected chi connectivity index (χ2v) is 8.92. The van der Waals surface area contributed by atoms with Gasteiger partial charge in [0, 0.05) is 25.7 Å². The van der Waals surface area contributed by atoms with Gasteiger partial charge in [-0.05, 0) is 38.0 Å². The van der Waals surface area contributed by atoms with Crippen LogP contribution in [0.4, 0.5) is 0 Å². The smallest absolute Gasteiger partial charge is 0.310 e. The first-order chi connectivity index (χ1) is 14.7. The fourth-order valence-electron chi connectivity index (χ4n) is 3.27. The molecule has 1 aliphatic heterocycles. The van der Waals surface area contributed by atoms with Crippen molar-refractivity contribution in [1.29, 1.82) is 0 Å². The third-order valence-electron chi connectivity index (χ3n) is 4.87. The lowest BCUT2D eigenvalue weighted by Gasteiger charge is -2.32. The zero-order valence-electron chi connectivity index (χ0n) is 17.7. The monoisotopic (exact) mass is 449 g/mol. The maximum absolute atomic E-state index is 12.7. The summed E-state index contributed by atoms with van der Waals surface area (Å²) in [6.07, 6.45) is 6.42. The van der Waals surface area contributed by atoms with Crippen LogP contribution in [0.3, 0.4) is 0 Å². The number of amides is 2. The van der Waals surface area contributed by atoms with Crippen molar-refractivity contribution in [1.82, 2.24) is 14.5 Å². The highest BCUT2D eigenvalue weighted by Gasteiger charge is 2.30. The highest BCUT2D eigenvalue weighted by Crippen LogP contribution is 2.19.